The van der Waals surface area contributed by atoms with Gasteiger partial charge in [-0.15, -0.1) is 0 Å². The fourth-order valence-corrected chi connectivity index (χ4v) is 1.04. The van der Waals surface area contributed by atoms with E-state index < -0.39 is 17.9 Å². The van der Waals surface area contributed by atoms with Crippen LogP contribution in [-0.4, -0.2) is 48.2 Å². The molecule has 0 radical (unpaired) electrons. The van der Waals surface area contributed by atoms with Gasteiger partial charge in [-0.25, -0.2) is 4.79 Å². The van der Waals surface area contributed by atoms with Crippen LogP contribution in [0.2, 0.25) is 0 Å². The Morgan fingerprint density at radius 2 is 2.20 bits per heavy atom. The van der Waals surface area contributed by atoms with Gasteiger partial charge in [-0.3, -0.25) is 4.79 Å². The van der Waals surface area contributed by atoms with E-state index in [1.165, 1.54) is 14.0 Å². The standard InChI is InChI=1S/C9H14N2O4/c1-7(9(13)14)11(5-3-4-10)8(12)6-15-2/h7H,3,5-6H2,1-2H3,(H,13,14). The van der Waals surface area contributed by atoms with Crippen LogP contribution < -0.4 is 0 Å². The number of carbonyl (C=O) groups excluding carboxylic acids is 1. The molecule has 0 aromatic heterocycles. The molecule has 0 aliphatic heterocycles. The van der Waals surface area contributed by atoms with Crippen molar-refractivity contribution in [3.8, 4) is 6.07 Å². The predicted octanol–water partition coefficient (Wildman–Crippen LogP) is -0.152. The topological polar surface area (TPSA) is 90.6 Å². The fourth-order valence-electron chi connectivity index (χ4n) is 1.04. The quantitative estimate of drug-likeness (QED) is 0.663. The van der Waals surface area contributed by atoms with Crippen molar-refractivity contribution >= 4 is 11.9 Å². The Morgan fingerprint density at radius 3 is 2.60 bits per heavy atom. The molecule has 0 bridgehead atoms. The van der Waals surface area contributed by atoms with Crippen molar-refractivity contribution in [2.24, 2.45) is 0 Å². The van der Waals surface area contributed by atoms with Crippen LogP contribution in [0.4, 0.5) is 0 Å². The molecule has 1 unspecified atom stereocenters. The van der Waals surface area contributed by atoms with Crippen molar-refractivity contribution in [3.05, 3.63) is 0 Å². The molecule has 0 spiro atoms. The van der Waals surface area contributed by atoms with Crippen molar-refractivity contribution in [3.63, 3.8) is 0 Å². The van der Waals surface area contributed by atoms with Crippen molar-refractivity contribution in [2.45, 2.75) is 19.4 Å². The van der Waals surface area contributed by atoms with Crippen molar-refractivity contribution in [2.75, 3.05) is 20.3 Å². The average molecular weight is 214 g/mol. The van der Waals surface area contributed by atoms with Gasteiger partial charge in [0.2, 0.25) is 5.91 Å². The van der Waals surface area contributed by atoms with Gasteiger partial charge in [0.05, 0.1) is 12.5 Å². The SMILES string of the molecule is COCC(=O)N(CCC#N)C(C)C(=O)O. The Labute approximate surface area is 88.0 Å². The minimum Gasteiger partial charge on any atom is -0.480 e. The summed E-state index contributed by atoms with van der Waals surface area (Å²) < 4.78 is 4.63. The molecule has 6 nitrogen and oxygen atoms in total. The van der Waals surface area contributed by atoms with Gasteiger partial charge < -0.3 is 14.7 Å². The van der Waals surface area contributed by atoms with Crippen LogP contribution in [0, 0.1) is 11.3 Å². The van der Waals surface area contributed by atoms with Gasteiger partial charge in [0.25, 0.3) is 0 Å². The Bertz CT molecular complexity index is 272. The highest BCUT2D eigenvalue weighted by atomic mass is 16.5. The maximum absolute atomic E-state index is 11.4. The first-order chi connectivity index (χ1) is 7.04. The number of methoxy groups -OCH3 is 1. The van der Waals surface area contributed by atoms with Crippen molar-refractivity contribution in [1.29, 1.82) is 5.26 Å². The van der Waals surface area contributed by atoms with Crippen molar-refractivity contribution < 1.29 is 19.4 Å². The molecule has 0 aromatic carbocycles. The summed E-state index contributed by atoms with van der Waals surface area (Å²) in [5, 5.41) is 17.1. The Hall–Kier alpha value is -1.61. The number of amides is 1. The normalized spacial score (nSPS) is 11.5. The lowest BCUT2D eigenvalue weighted by atomic mass is 10.2. The molecule has 15 heavy (non-hydrogen) atoms. The summed E-state index contributed by atoms with van der Waals surface area (Å²) in [4.78, 5) is 23.2. The lowest BCUT2D eigenvalue weighted by Crippen LogP contribution is -2.45. The van der Waals surface area contributed by atoms with E-state index in [1.54, 1.807) is 0 Å². The van der Waals surface area contributed by atoms with Gasteiger partial charge in [-0.05, 0) is 6.92 Å². The zero-order valence-electron chi connectivity index (χ0n) is 8.77. The summed E-state index contributed by atoms with van der Waals surface area (Å²) in [6.07, 6.45) is 0.104. The molecule has 0 fully saturated rings. The first kappa shape index (κ1) is 13.4. The van der Waals surface area contributed by atoms with E-state index in [1.807, 2.05) is 6.07 Å². The van der Waals surface area contributed by atoms with Gasteiger partial charge in [0.1, 0.15) is 12.6 Å². The van der Waals surface area contributed by atoms with E-state index >= 15 is 0 Å². The molecule has 1 amide bonds. The number of carbonyl (C=O) groups is 2. The zero-order chi connectivity index (χ0) is 11.8. The Morgan fingerprint density at radius 1 is 1.60 bits per heavy atom. The number of nitrogens with zero attached hydrogens (tertiary/aromatic N) is 2. The van der Waals surface area contributed by atoms with Crippen LogP contribution in [0.5, 0.6) is 0 Å². The zero-order valence-corrected chi connectivity index (χ0v) is 8.77. The number of carboxylic acid groups (broad SMARTS) is 1. The van der Waals surface area contributed by atoms with E-state index in [-0.39, 0.29) is 19.6 Å². The van der Waals surface area contributed by atoms with E-state index in [2.05, 4.69) is 4.74 Å². The highest BCUT2D eigenvalue weighted by Crippen LogP contribution is 2.02. The minimum absolute atomic E-state index is 0.103. The lowest BCUT2D eigenvalue weighted by Gasteiger charge is -2.25. The molecule has 0 rings (SSSR count). The van der Waals surface area contributed by atoms with Gasteiger partial charge >= 0.3 is 5.97 Å². The van der Waals surface area contributed by atoms with E-state index in [0.717, 1.165) is 4.90 Å². The minimum atomic E-state index is -1.10. The van der Waals surface area contributed by atoms with Gasteiger partial charge in [-0.2, -0.15) is 5.26 Å². The van der Waals surface area contributed by atoms with Gasteiger partial charge in [-0.1, -0.05) is 0 Å². The van der Waals surface area contributed by atoms with Crippen molar-refractivity contribution in [1.82, 2.24) is 4.90 Å². The van der Waals surface area contributed by atoms with Crippen LogP contribution in [0.1, 0.15) is 13.3 Å². The number of hydrogen-bond acceptors (Lipinski definition) is 4. The number of ether oxygens (including phenoxy) is 1. The monoisotopic (exact) mass is 214 g/mol. The highest BCUT2D eigenvalue weighted by Gasteiger charge is 2.24. The average Bonchev–Trinajstić information content (AvgIpc) is 2.18. The van der Waals surface area contributed by atoms with Crippen LogP contribution >= 0.6 is 0 Å². The molecule has 84 valence electrons. The third kappa shape index (κ3) is 4.42. The predicted molar refractivity (Wildman–Crippen MR) is 50.9 cm³/mol. The van der Waals surface area contributed by atoms with E-state index in [9.17, 15) is 9.59 Å². The summed E-state index contributed by atoms with van der Waals surface area (Å²) in [6.45, 7) is 1.32. The molecule has 6 heteroatoms. The maximum atomic E-state index is 11.4. The third-order valence-corrected chi connectivity index (χ3v) is 1.88. The van der Waals surface area contributed by atoms with Crippen LogP contribution in [0.25, 0.3) is 0 Å². The molecule has 0 aromatic rings. The number of rotatable bonds is 6. The van der Waals surface area contributed by atoms with Crippen LogP contribution in [0.15, 0.2) is 0 Å². The van der Waals surface area contributed by atoms with Crippen LogP contribution in [-0.2, 0) is 14.3 Å². The summed E-state index contributed by atoms with van der Waals surface area (Å²) in [5.41, 5.74) is 0. The summed E-state index contributed by atoms with van der Waals surface area (Å²) in [7, 11) is 1.35. The van der Waals surface area contributed by atoms with Crippen LogP contribution in [0.3, 0.4) is 0 Å². The fraction of sp³-hybridized carbons (Fsp3) is 0.667. The number of hydrogen-bond donors (Lipinski definition) is 1. The molecule has 0 saturated carbocycles. The van der Waals surface area contributed by atoms with E-state index in [0.29, 0.717) is 0 Å². The second-order valence-electron chi connectivity index (χ2n) is 2.94. The van der Waals surface area contributed by atoms with Gasteiger partial charge in [0.15, 0.2) is 0 Å². The number of carboxylic acids is 1. The Kier molecular flexibility index (Phi) is 6.06. The lowest BCUT2D eigenvalue weighted by molar-refractivity contribution is -0.151. The molecular formula is C9H14N2O4. The number of aliphatic carboxylic acids is 1. The molecule has 0 heterocycles. The molecule has 1 N–H and O–H groups in total. The van der Waals surface area contributed by atoms with Gasteiger partial charge in [0, 0.05) is 13.7 Å². The van der Waals surface area contributed by atoms with E-state index in [4.69, 9.17) is 10.4 Å². The number of nitriles is 1. The molecule has 0 aliphatic rings. The maximum Gasteiger partial charge on any atom is 0.326 e. The first-order valence-electron chi connectivity index (χ1n) is 4.42. The Balaban J connectivity index is 4.50. The summed E-state index contributed by atoms with van der Waals surface area (Å²) in [5.74, 6) is -1.53. The first-order valence-corrected chi connectivity index (χ1v) is 4.42. The highest BCUT2D eigenvalue weighted by molar-refractivity contribution is 5.84. The molecule has 0 aliphatic carbocycles. The smallest absolute Gasteiger partial charge is 0.326 e. The second-order valence-corrected chi connectivity index (χ2v) is 2.94. The molecule has 0 saturated heterocycles. The molecular weight excluding hydrogens is 200 g/mol. The summed E-state index contributed by atoms with van der Waals surface area (Å²) >= 11 is 0. The third-order valence-electron chi connectivity index (χ3n) is 1.88. The largest absolute Gasteiger partial charge is 0.480 e. The molecule has 1 atom stereocenters. The second kappa shape index (κ2) is 6.79. The summed E-state index contributed by atoms with van der Waals surface area (Å²) in [6, 6.07) is 0.918.